The Kier molecular flexibility index (Phi) is 4.48. The number of fused-ring (bicyclic) bond motifs is 1. The van der Waals surface area contributed by atoms with Gasteiger partial charge in [-0.3, -0.25) is 4.79 Å². The molecule has 136 valence electrons. The predicted octanol–water partition coefficient (Wildman–Crippen LogP) is 5.07. The number of Topliss-reactive ketones (excluding diaryl/α,β-unsaturated/α-hetero) is 1. The number of halogens is 4. The Morgan fingerprint density at radius 2 is 1.92 bits per heavy atom. The first-order valence-electron chi connectivity index (χ1n) is 7.75. The fourth-order valence-electron chi connectivity index (χ4n) is 2.94. The van der Waals surface area contributed by atoms with E-state index in [2.05, 4.69) is 4.98 Å². The van der Waals surface area contributed by atoms with E-state index in [9.17, 15) is 22.4 Å². The van der Waals surface area contributed by atoms with Gasteiger partial charge in [0, 0.05) is 40.7 Å². The molecule has 0 aliphatic heterocycles. The summed E-state index contributed by atoms with van der Waals surface area (Å²) in [5.41, 5.74) is 0.675. The maximum atomic E-state index is 13.3. The lowest BCUT2D eigenvalue weighted by atomic mass is 9.99. The largest absolute Gasteiger partial charge is 0.496 e. The molecule has 1 N–H and O–H groups in total. The lowest BCUT2D eigenvalue weighted by Crippen LogP contribution is -2.07. The molecule has 2 aromatic carbocycles. The minimum atomic E-state index is -4.50. The van der Waals surface area contributed by atoms with Gasteiger partial charge in [-0.2, -0.15) is 13.2 Å². The molecule has 7 heteroatoms. The van der Waals surface area contributed by atoms with Crippen molar-refractivity contribution in [3.63, 3.8) is 0 Å². The van der Waals surface area contributed by atoms with Gasteiger partial charge in [0.05, 0.1) is 12.7 Å². The summed E-state index contributed by atoms with van der Waals surface area (Å²) < 4.78 is 57.6. The van der Waals surface area contributed by atoms with E-state index in [0.717, 1.165) is 18.2 Å². The highest BCUT2D eigenvalue weighted by molar-refractivity contribution is 6.09. The number of rotatable bonds is 4. The average Bonchev–Trinajstić information content (AvgIpc) is 3.00. The molecule has 0 atom stereocenters. The number of nitrogens with one attached hydrogen (secondary N) is 1. The highest BCUT2D eigenvalue weighted by atomic mass is 19.4. The maximum Gasteiger partial charge on any atom is 0.416 e. The van der Waals surface area contributed by atoms with Crippen molar-refractivity contribution in [3.8, 4) is 5.75 Å². The Bertz CT molecular complexity index is 989. The molecule has 3 rings (SSSR count). The molecule has 26 heavy (non-hydrogen) atoms. The fourth-order valence-corrected chi connectivity index (χ4v) is 2.94. The molecule has 3 aromatic rings. The number of carbonyl (C=O) groups excluding carboxylic acids is 1. The zero-order valence-corrected chi connectivity index (χ0v) is 14.0. The van der Waals surface area contributed by atoms with Gasteiger partial charge >= 0.3 is 6.18 Å². The van der Waals surface area contributed by atoms with Crippen LogP contribution in [0.4, 0.5) is 17.6 Å². The summed E-state index contributed by atoms with van der Waals surface area (Å²) in [6, 6.07) is 5.79. The summed E-state index contributed by atoms with van der Waals surface area (Å²) in [4.78, 5) is 15.5. The Hall–Kier alpha value is -2.83. The van der Waals surface area contributed by atoms with Crippen LogP contribution in [0.3, 0.4) is 0 Å². The first-order valence-corrected chi connectivity index (χ1v) is 7.75. The summed E-state index contributed by atoms with van der Waals surface area (Å²) in [7, 11) is 1.35. The number of hydrogen-bond donors (Lipinski definition) is 1. The van der Waals surface area contributed by atoms with Crippen LogP contribution in [0, 0.1) is 12.7 Å². The Labute approximate surface area is 146 Å². The van der Waals surface area contributed by atoms with Crippen molar-refractivity contribution in [2.75, 3.05) is 7.11 Å². The van der Waals surface area contributed by atoms with Crippen LogP contribution in [0.25, 0.3) is 10.9 Å². The second kappa shape index (κ2) is 6.48. The second-order valence-electron chi connectivity index (χ2n) is 5.97. The van der Waals surface area contributed by atoms with Crippen molar-refractivity contribution >= 4 is 16.7 Å². The molecule has 0 aliphatic rings. The number of aryl methyl sites for hydroxylation is 1. The Morgan fingerprint density at radius 3 is 2.58 bits per heavy atom. The molecule has 0 unspecified atom stereocenters. The number of methoxy groups -OCH3 is 1. The van der Waals surface area contributed by atoms with E-state index in [4.69, 9.17) is 4.74 Å². The van der Waals surface area contributed by atoms with Gasteiger partial charge in [-0.05, 0) is 30.7 Å². The van der Waals surface area contributed by atoms with Gasteiger partial charge in [0.1, 0.15) is 11.6 Å². The van der Waals surface area contributed by atoms with Crippen LogP contribution < -0.4 is 4.74 Å². The summed E-state index contributed by atoms with van der Waals surface area (Å²) in [6.07, 6.45) is -3.22. The van der Waals surface area contributed by atoms with Crippen LogP contribution in [0.5, 0.6) is 5.75 Å². The van der Waals surface area contributed by atoms with Crippen molar-refractivity contribution in [1.29, 1.82) is 0 Å². The van der Waals surface area contributed by atoms with Gasteiger partial charge in [0.15, 0.2) is 5.78 Å². The average molecular weight is 365 g/mol. The quantitative estimate of drug-likeness (QED) is 0.518. The molecule has 0 spiro atoms. The normalized spacial score (nSPS) is 11.8. The van der Waals surface area contributed by atoms with Crippen LogP contribution in [0.2, 0.25) is 0 Å². The monoisotopic (exact) mass is 365 g/mol. The molecule has 3 nitrogen and oxygen atoms in total. The van der Waals surface area contributed by atoms with Crippen LogP contribution >= 0.6 is 0 Å². The molecular formula is C19H15F4NO2. The van der Waals surface area contributed by atoms with Crippen LogP contribution in [0.1, 0.15) is 27.0 Å². The number of ketones is 1. The zero-order valence-electron chi connectivity index (χ0n) is 14.0. The molecule has 1 aromatic heterocycles. The van der Waals surface area contributed by atoms with Crippen LogP contribution in [0.15, 0.2) is 36.5 Å². The highest BCUT2D eigenvalue weighted by Crippen LogP contribution is 2.34. The number of H-pyrrole nitrogens is 1. The van der Waals surface area contributed by atoms with E-state index < -0.39 is 17.6 Å². The Morgan fingerprint density at radius 1 is 1.19 bits per heavy atom. The smallest absolute Gasteiger partial charge is 0.416 e. The van der Waals surface area contributed by atoms with Gasteiger partial charge in [-0.15, -0.1) is 0 Å². The topological polar surface area (TPSA) is 42.1 Å². The van der Waals surface area contributed by atoms with Gasteiger partial charge in [0.2, 0.25) is 0 Å². The van der Waals surface area contributed by atoms with Crippen LogP contribution in [-0.2, 0) is 12.6 Å². The van der Waals surface area contributed by atoms with E-state index in [1.807, 2.05) is 0 Å². The van der Waals surface area contributed by atoms with E-state index >= 15 is 0 Å². The molecule has 0 bridgehead atoms. The lowest BCUT2D eigenvalue weighted by Gasteiger charge is -2.10. The first kappa shape index (κ1) is 18.0. The van der Waals surface area contributed by atoms with Crippen molar-refractivity contribution in [1.82, 2.24) is 4.98 Å². The molecule has 0 radical (unpaired) electrons. The summed E-state index contributed by atoms with van der Waals surface area (Å²) >= 11 is 0. The van der Waals surface area contributed by atoms with E-state index in [-0.39, 0.29) is 28.9 Å². The SMILES string of the molecule is COc1cc(F)ccc1CC(=O)c1c[nH]c2c(C)cc(C(F)(F)F)cc12. The Balaban J connectivity index is 2.03. The molecule has 0 saturated heterocycles. The predicted molar refractivity (Wildman–Crippen MR) is 89.0 cm³/mol. The fraction of sp³-hybridized carbons (Fsp3) is 0.211. The highest BCUT2D eigenvalue weighted by Gasteiger charge is 2.31. The minimum Gasteiger partial charge on any atom is -0.496 e. The molecule has 0 aliphatic carbocycles. The number of benzene rings is 2. The van der Waals surface area contributed by atoms with Crippen molar-refractivity contribution in [3.05, 3.63) is 64.6 Å². The summed E-state index contributed by atoms with van der Waals surface area (Å²) in [5, 5.41) is 0.211. The van der Waals surface area contributed by atoms with E-state index in [1.54, 1.807) is 6.92 Å². The van der Waals surface area contributed by atoms with Crippen molar-refractivity contribution in [2.45, 2.75) is 19.5 Å². The van der Waals surface area contributed by atoms with Crippen LogP contribution in [-0.4, -0.2) is 17.9 Å². The molecule has 0 saturated carbocycles. The zero-order chi connectivity index (χ0) is 19.1. The molecule has 0 amide bonds. The molecular weight excluding hydrogens is 350 g/mol. The number of ether oxygens (including phenoxy) is 1. The molecule has 1 heterocycles. The van der Waals surface area contributed by atoms with Gasteiger partial charge in [-0.25, -0.2) is 4.39 Å². The number of carbonyl (C=O) groups is 1. The first-order chi connectivity index (χ1) is 12.2. The third-order valence-corrected chi connectivity index (χ3v) is 4.21. The van der Waals surface area contributed by atoms with Gasteiger partial charge in [0.25, 0.3) is 0 Å². The van der Waals surface area contributed by atoms with Crippen molar-refractivity contribution in [2.24, 2.45) is 0 Å². The third-order valence-electron chi connectivity index (χ3n) is 4.21. The maximum absolute atomic E-state index is 13.3. The summed E-state index contributed by atoms with van der Waals surface area (Å²) in [6.45, 7) is 1.55. The number of alkyl halides is 3. The second-order valence-corrected chi connectivity index (χ2v) is 5.97. The number of aromatic nitrogens is 1. The van der Waals surface area contributed by atoms with Crippen molar-refractivity contribution < 1.29 is 27.1 Å². The minimum absolute atomic E-state index is 0.119. The third kappa shape index (κ3) is 3.29. The molecule has 0 fully saturated rings. The van der Waals surface area contributed by atoms with E-state index in [0.29, 0.717) is 16.6 Å². The number of hydrogen-bond acceptors (Lipinski definition) is 2. The number of aromatic amines is 1. The van der Waals surface area contributed by atoms with Gasteiger partial charge < -0.3 is 9.72 Å². The summed E-state index contributed by atoms with van der Waals surface area (Å²) in [5.74, 6) is -0.680. The van der Waals surface area contributed by atoms with E-state index in [1.165, 1.54) is 25.4 Å². The van der Waals surface area contributed by atoms with Gasteiger partial charge in [-0.1, -0.05) is 6.07 Å². The standard InChI is InChI=1S/C19H15F4NO2/c1-10-5-12(19(21,22)23)7-14-15(9-24-18(10)14)16(25)6-11-3-4-13(20)8-17(11)26-2/h3-5,7-9,24H,6H2,1-2H3. The lowest BCUT2D eigenvalue weighted by molar-refractivity contribution is -0.137.